The van der Waals surface area contributed by atoms with E-state index in [1.807, 2.05) is 48.5 Å². The topological polar surface area (TPSA) is 59.1 Å². The Morgan fingerprint density at radius 3 is 1.27 bits per heavy atom. The molecule has 0 bridgehead atoms. The van der Waals surface area contributed by atoms with E-state index in [0.29, 0.717) is 0 Å². The lowest BCUT2D eigenvalue weighted by Crippen LogP contribution is -2.37. The van der Waals surface area contributed by atoms with Crippen molar-refractivity contribution in [2.75, 3.05) is 53.5 Å². The Morgan fingerprint density at radius 2 is 0.950 bits per heavy atom. The van der Waals surface area contributed by atoms with Crippen molar-refractivity contribution in [1.82, 2.24) is 9.80 Å². The third-order valence-electron chi connectivity index (χ3n) is 8.70. The third-order valence-corrected chi connectivity index (χ3v) is 8.70. The molecule has 2 heterocycles. The molecule has 0 amide bonds. The Kier molecular flexibility index (Phi) is 12.0. The van der Waals surface area contributed by atoms with Crippen molar-refractivity contribution in [3.05, 3.63) is 59.7 Å². The van der Waals surface area contributed by atoms with E-state index in [0.717, 1.165) is 87.6 Å². The number of ketones is 2. The average molecular weight is 549 g/mol. The van der Waals surface area contributed by atoms with Crippen molar-refractivity contribution in [3.63, 3.8) is 0 Å². The third kappa shape index (κ3) is 8.90. The maximum atomic E-state index is 13.6. The van der Waals surface area contributed by atoms with Crippen LogP contribution in [-0.4, -0.2) is 74.9 Å². The normalized spacial score (nSPS) is 18.1. The molecule has 2 aliphatic heterocycles. The van der Waals surface area contributed by atoms with Crippen molar-refractivity contribution >= 4 is 11.6 Å². The highest BCUT2D eigenvalue weighted by Gasteiger charge is 2.26. The van der Waals surface area contributed by atoms with Gasteiger partial charge in [0.15, 0.2) is 11.6 Å². The molecule has 2 fully saturated rings. The Labute approximate surface area is 241 Å². The number of carbonyl (C=O) groups excluding carboxylic acids is 2. The highest BCUT2D eigenvalue weighted by molar-refractivity contribution is 5.98. The van der Waals surface area contributed by atoms with Gasteiger partial charge < -0.3 is 19.3 Å². The Morgan fingerprint density at radius 1 is 0.600 bits per heavy atom. The molecule has 0 radical (unpaired) electrons. The molecule has 0 aliphatic carbocycles. The molecule has 0 saturated carbocycles. The van der Waals surface area contributed by atoms with E-state index in [9.17, 15) is 9.59 Å². The zero-order chi connectivity index (χ0) is 28.2. The Bertz CT molecular complexity index is 955. The van der Waals surface area contributed by atoms with E-state index in [4.69, 9.17) is 9.47 Å². The minimum absolute atomic E-state index is 0.0238. The zero-order valence-electron chi connectivity index (χ0n) is 24.6. The number of nitrogens with zero attached hydrogens (tertiary/aromatic N) is 2. The van der Waals surface area contributed by atoms with Gasteiger partial charge in [-0.1, -0.05) is 25.7 Å². The van der Waals surface area contributed by atoms with E-state index in [1.165, 1.54) is 38.5 Å². The second kappa shape index (κ2) is 15.9. The van der Waals surface area contributed by atoms with Crippen molar-refractivity contribution < 1.29 is 19.1 Å². The average Bonchev–Trinajstić information content (AvgIpc) is 3.02. The van der Waals surface area contributed by atoms with Crippen LogP contribution in [-0.2, 0) is 0 Å². The quantitative estimate of drug-likeness (QED) is 0.186. The number of piperidine rings is 2. The van der Waals surface area contributed by atoms with Gasteiger partial charge in [-0.3, -0.25) is 9.59 Å². The summed E-state index contributed by atoms with van der Waals surface area (Å²) in [6.45, 7) is 5.99. The molecule has 0 spiro atoms. The van der Waals surface area contributed by atoms with Crippen LogP contribution in [0.5, 0.6) is 11.5 Å². The Hall–Kier alpha value is -2.70. The van der Waals surface area contributed by atoms with Gasteiger partial charge in [0.25, 0.3) is 0 Å². The zero-order valence-corrected chi connectivity index (χ0v) is 24.6. The van der Waals surface area contributed by atoms with Gasteiger partial charge in [-0.05, 0) is 113 Å². The van der Waals surface area contributed by atoms with Crippen molar-refractivity contribution in [1.29, 1.82) is 0 Å². The highest BCUT2D eigenvalue weighted by Crippen LogP contribution is 2.25. The number of rotatable bonds is 15. The summed E-state index contributed by atoms with van der Waals surface area (Å²) in [6.07, 6.45) is 11.1. The molecule has 0 N–H and O–H groups in total. The summed E-state index contributed by atoms with van der Waals surface area (Å²) in [4.78, 5) is 32.2. The lowest BCUT2D eigenvalue weighted by Gasteiger charge is -2.31. The lowest BCUT2D eigenvalue weighted by molar-refractivity contribution is 0.0833. The Balaban J connectivity index is 1.39. The van der Waals surface area contributed by atoms with E-state index in [1.54, 1.807) is 14.2 Å². The van der Waals surface area contributed by atoms with Gasteiger partial charge in [-0.2, -0.15) is 0 Å². The fraction of sp³-hybridized carbons (Fsp3) is 0.588. The van der Waals surface area contributed by atoms with Crippen LogP contribution in [0, 0.1) is 11.8 Å². The molecule has 2 saturated heterocycles. The molecule has 2 unspecified atom stereocenters. The molecule has 0 aromatic heterocycles. The summed E-state index contributed by atoms with van der Waals surface area (Å²) in [5, 5.41) is 0. The lowest BCUT2D eigenvalue weighted by atomic mass is 9.88. The van der Waals surface area contributed by atoms with Crippen LogP contribution in [0.1, 0.15) is 84.9 Å². The van der Waals surface area contributed by atoms with Crippen molar-refractivity contribution in [3.8, 4) is 11.5 Å². The number of hydrogen-bond acceptors (Lipinski definition) is 6. The van der Waals surface area contributed by atoms with E-state index in [2.05, 4.69) is 9.80 Å². The number of hydrogen-bond donors (Lipinski definition) is 0. The van der Waals surface area contributed by atoms with Crippen molar-refractivity contribution in [2.24, 2.45) is 11.8 Å². The summed E-state index contributed by atoms with van der Waals surface area (Å²) in [5.41, 5.74) is 1.53. The van der Waals surface area contributed by atoms with Gasteiger partial charge in [0, 0.05) is 36.1 Å². The second-order valence-electron chi connectivity index (χ2n) is 11.6. The van der Waals surface area contributed by atoms with Gasteiger partial charge in [-0.15, -0.1) is 0 Å². The molecule has 6 heteroatoms. The van der Waals surface area contributed by atoms with Gasteiger partial charge in [0.05, 0.1) is 14.2 Å². The van der Waals surface area contributed by atoms with Crippen molar-refractivity contribution in [2.45, 2.75) is 64.2 Å². The summed E-state index contributed by atoms with van der Waals surface area (Å²) >= 11 is 0. The summed E-state index contributed by atoms with van der Waals surface area (Å²) < 4.78 is 10.6. The molecule has 40 heavy (non-hydrogen) atoms. The predicted molar refractivity (Wildman–Crippen MR) is 161 cm³/mol. The molecule has 4 rings (SSSR count). The number of methoxy groups -OCH3 is 2. The van der Waals surface area contributed by atoms with Gasteiger partial charge in [0.2, 0.25) is 0 Å². The number of benzene rings is 2. The largest absolute Gasteiger partial charge is 0.497 e. The van der Waals surface area contributed by atoms with Crippen LogP contribution in [0.25, 0.3) is 0 Å². The number of likely N-dealkylation sites (tertiary alicyclic amines) is 2. The molecule has 218 valence electrons. The molecule has 6 nitrogen and oxygen atoms in total. The van der Waals surface area contributed by atoms with E-state index >= 15 is 0 Å². The van der Waals surface area contributed by atoms with E-state index in [-0.39, 0.29) is 23.4 Å². The van der Waals surface area contributed by atoms with Crippen LogP contribution in [0.4, 0.5) is 0 Å². The number of carbonyl (C=O) groups is 2. The smallest absolute Gasteiger partial charge is 0.167 e. The minimum atomic E-state index is -0.0238. The first kappa shape index (κ1) is 30.3. The van der Waals surface area contributed by atoms with Gasteiger partial charge in [-0.25, -0.2) is 0 Å². The maximum absolute atomic E-state index is 13.6. The summed E-state index contributed by atoms with van der Waals surface area (Å²) in [6, 6.07) is 15.1. The predicted octanol–water partition coefficient (Wildman–Crippen LogP) is 6.53. The van der Waals surface area contributed by atoms with E-state index < -0.39 is 0 Å². The van der Waals surface area contributed by atoms with Gasteiger partial charge in [0.1, 0.15) is 11.5 Å². The molecular weight excluding hydrogens is 500 g/mol. The maximum Gasteiger partial charge on any atom is 0.167 e. The number of ether oxygens (including phenoxy) is 2. The first-order valence-corrected chi connectivity index (χ1v) is 15.4. The minimum Gasteiger partial charge on any atom is -0.497 e. The molecule has 2 aromatic carbocycles. The SMILES string of the molecule is COc1ccc(C(=O)C(CCCCC(CN2CCCCC2)C(=O)c2ccc(OC)cc2)CN2CCCCC2)cc1. The number of unbranched alkanes of at least 4 members (excludes halogenated alkanes) is 1. The van der Waals surface area contributed by atoms with Gasteiger partial charge >= 0.3 is 0 Å². The fourth-order valence-electron chi connectivity index (χ4n) is 6.28. The van der Waals surface area contributed by atoms with Crippen LogP contribution in [0.2, 0.25) is 0 Å². The van der Waals surface area contributed by atoms with Crippen LogP contribution in [0.3, 0.4) is 0 Å². The standard InChI is InChI=1S/C34H48N2O4/c1-39-31-17-13-27(14-18-31)33(37)29(25-35-21-7-3-8-22-35)11-5-6-12-30(26-36-23-9-4-10-24-36)34(38)28-15-19-32(40-2)20-16-28/h13-20,29-30H,3-12,21-26H2,1-2H3. The first-order chi connectivity index (χ1) is 19.6. The van der Waals surface area contributed by atoms with Crippen LogP contribution in [0.15, 0.2) is 48.5 Å². The number of Topliss-reactive ketones (excluding diaryl/α,β-unsaturated/α-hetero) is 2. The highest BCUT2D eigenvalue weighted by atomic mass is 16.5. The van der Waals surface area contributed by atoms with Crippen LogP contribution < -0.4 is 9.47 Å². The molecule has 2 atom stereocenters. The monoisotopic (exact) mass is 548 g/mol. The second-order valence-corrected chi connectivity index (χ2v) is 11.6. The fourth-order valence-corrected chi connectivity index (χ4v) is 6.28. The summed E-state index contributed by atoms with van der Waals surface area (Å²) in [5.74, 6) is 1.95. The first-order valence-electron chi connectivity index (χ1n) is 15.4. The molecule has 2 aliphatic rings. The molecular formula is C34H48N2O4. The summed E-state index contributed by atoms with van der Waals surface area (Å²) in [7, 11) is 3.29. The van der Waals surface area contributed by atoms with Crippen LogP contribution >= 0.6 is 0 Å². The molecule has 2 aromatic rings.